The fourth-order valence-corrected chi connectivity index (χ4v) is 2.46. The van der Waals surface area contributed by atoms with E-state index in [1.54, 1.807) is 12.1 Å². The summed E-state index contributed by atoms with van der Waals surface area (Å²) in [6, 6.07) is 12.4. The highest BCUT2D eigenvalue weighted by atomic mass is 79.9. The zero-order valence-electron chi connectivity index (χ0n) is 13.2. The van der Waals surface area contributed by atoms with Crippen LogP contribution in [0.25, 0.3) is 0 Å². The third kappa shape index (κ3) is 5.09. The Bertz CT molecular complexity index is 728. The van der Waals surface area contributed by atoms with E-state index in [4.69, 9.17) is 4.74 Å². The van der Waals surface area contributed by atoms with Crippen LogP contribution in [0.5, 0.6) is 5.75 Å². The number of ether oxygens (including phenoxy) is 1. The highest BCUT2D eigenvalue weighted by molar-refractivity contribution is 9.10. The van der Waals surface area contributed by atoms with E-state index in [1.807, 2.05) is 24.3 Å². The molecule has 126 valence electrons. The van der Waals surface area contributed by atoms with Crippen LogP contribution in [0.4, 0.5) is 5.69 Å². The number of rotatable bonds is 7. The lowest BCUT2D eigenvalue weighted by molar-refractivity contribution is -0.116. The summed E-state index contributed by atoms with van der Waals surface area (Å²) < 4.78 is 6.16. The topological polar surface area (TPSA) is 75.6 Å². The molecule has 5 nitrogen and oxygen atoms in total. The average molecular weight is 392 g/mol. The number of aryl methyl sites for hydroxylation is 1. The predicted octanol–water partition coefficient (Wildman–Crippen LogP) is 4.12. The number of amides is 1. The van der Waals surface area contributed by atoms with Gasteiger partial charge in [0.2, 0.25) is 5.91 Å². The summed E-state index contributed by atoms with van der Waals surface area (Å²) in [7, 11) is 0. The Labute approximate surface area is 148 Å². The first-order valence-corrected chi connectivity index (χ1v) is 8.33. The van der Waals surface area contributed by atoms with Crippen molar-refractivity contribution in [3.05, 3.63) is 58.1 Å². The van der Waals surface area contributed by atoms with Crippen LogP contribution in [-0.2, 0) is 11.2 Å². The second kappa shape index (κ2) is 8.49. The predicted molar refractivity (Wildman–Crippen MR) is 95.7 cm³/mol. The summed E-state index contributed by atoms with van der Waals surface area (Å²) in [6.07, 6.45) is 1.09. The van der Waals surface area contributed by atoms with Gasteiger partial charge in [0.1, 0.15) is 5.75 Å². The lowest BCUT2D eigenvalue weighted by Crippen LogP contribution is -2.17. The van der Waals surface area contributed by atoms with Crippen LogP contribution in [0.2, 0.25) is 0 Å². The van der Waals surface area contributed by atoms with Crippen LogP contribution in [0.3, 0.4) is 0 Å². The Morgan fingerprint density at radius 3 is 2.50 bits per heavy atom. The SMILES string of the molecule is CCc1ccc(OCCC(=O)Nc2ccc(Br)cc2C(=O)O)cc1. The molecule has 2 aromatic carbocycles. The Morgan fingerprint density at radius 2 is 1.88 bits per heavy atom. The van der Waals surface area contributed by atoms with Gasteiger partial charge in [-0.3, -0.25) is 4.79 Å². The normalized spacial score (nSPS) is 10.2. The Kier molecular flexibility index (Phi) is 6.37. The molecule has 0 fully saturated rings. The summed E-state index contributed by atoms with van der Waals surface area (Å²) in [5.74, 6) is -0.696. The number of hydrogen-bond donors (Lipinski definition) is 2. The highest BCUT2D eigenvalue weighted by Gasteiger charge is 2.13. The molecule has 2 N–H and O–H groups in total. The molecule has 0 aliphatic rings. The maximum atomic E-state index is 12.0. The van der Waals surface area contributed by atoms with Gasteiger partial charge in [-0.15, -0.1) is 0 Å². The largest absolute Gasteiger partial charge is 0.493 e. The van der Waals surface area contributed by atoms with Crippen molar-refractivity contribution in [2.45, 2.75) is 19.8 Å². The number of hydrogen-bond acceptors (Lipinski definition) is 3. The number of carbonyl (C=O) groups is 2. The molecule has 0 heterocycles. The van der Waals surface area contributed by atoms with Gasteiger partial charge >= 0.3 is 5.97 Å². The Balaban J connectivity index is 1.88. The smallest absolute Gasteiger partial charge is 0.337 e. The molecule has 6 heteroatoms. The van der Waals surface area contributed by atoms with Crippen LogP contribution in [0, 0.1) is 0 Å². The molecule has 0 unspecified atom stereocenters. The second-order valence-corrected chi connectivity index (χ2v) is 6.05. The summed E-state index contributed by atoms with van der Waals surface area (Å²) >= 11 is 3.21. The van der Waals surface area contributed by atoms with Crippen molar-refractivity contribution in [2.24, 2.45) is 0 Å². The van der Waals surface area contributed by atoms with E-state index in [1.165, 1.54) is 11.6 Å². The van der Waals surface area contributed by atoms with E-state index in [9.17, 15) is 14.7 Å². The number of nitrogens with one attached hydrogen (secondary N) is 1. The maximum Gasteiger partial charge on any atom is 0.337 e. The zero-order chi connectivity index (χ0) is 17.5. The molecule has 2 rings (SSSR count). The van der Waals surface area contributed by atoms with Crippen molar-refractivity contribution in [2.75, 3.05) is 11.9 Å². The molecule has 0 saturated carbocycles. The average Bonchev–Trinajstić information content (AvgIpc) is 2.57. The summed E-state index contributed by atoms with van der Waals surface area (Å²) in [5.41, 5.74) is 1.52. The molecule has 0 spiro atoms. The molecule has 0 atom stereocenters. The Hall–Kier alpha value is -2.34. The summed E-state index contributed by atoms with van der Waals surface area (Å²) in [4.78, 5) is 23.2. The first-order chi connectivity index (χ1) is 11.5. The first kappa shape index (κ1) is 18.0. The van der Waals surface area contributed by atoms with Gasteiger partial charge in [-0.05, 0) is 42.3 Å². The standard InChI is InChI=1S/C18H18BrNO4/c1-2-12-3-6-14(7-4-12)24-10-9-17(21)20-16-8-5-13(19)11-15(16)18(22)23/h3-8,11H,2,9-10H2,1H3,(H,20,21)(H,22,23). The number of anilines is 1. The number of aromatic carboxylic acids is 1. The molecule has 0 radical (unpaired) electrons. The van der Waals surface area contributed by atoms with Crippen LogP contribution in [0.15, 0.2) is 46.9 Å². The van der Waals surface area contributed by atoms with Gasteiger partial charge in [0.25, 0.3) is 0 Å². The van der Waals surface area contributed by atoms with Crippen molar-refractivity contribution in [3.63, 3.8) is 0 Å². The lowest BCUT2D eigenvalue weighted by Gasteiger charge is -2.10. The summed E-state index contributed by atoms with van der Waals surface area (Å²) in [6.45, 7) is 2.30. The zero-order valence-corrected chi connectivity index (χ0v) is 14.8. The van der Waals surface area contributed by atoms with Crippen LogP contribution >= 0.6 is 15.9 Å². The maximum absolute atomic E-state index is 12.0. The first-order valence-electron chi connectivity index (χ1n) is 7.54. The van der Waals surface area contributed by atoms with Crippen LogP contribution < -0.4 is 10.1 Å². The van der Waals surface area contributed by atoms with E-state index in [0.29, 0.717) is 10.2 Å². The van der Waals surface area contributed by atoms with Gasteiger partial charge in [-0.25, -0.2) is 4.79 Å². The number of carboxylic acids is 1. The van der Waals surface area contributed by atoms with E-state index in [0.717, 1.165) is 6.42 Å². The van der Waals surface area contributed by atoms with Gasteiger partial charge in [0.15, 0.2) is 0 Å². The van der Waals surface area contributed by atoms with E-state index >= 15 is 0 Å². The van der Waals surface area contributed by atoms with Crippen molar-refractivity contribution < 1.29 is 19.4 Å². The molecule has 0 aromatic heterocycles. The third-order valence-corrected chi connectivity index (χ3v) is 3.91. The van der Waals surface area contributed by atoms with Crippen molar-refractivity contribution in [3.8, 4) is 5.75 Å². The quantitative estimate of drug-likeness (QED) is 0.744. The van der Waals surface area contributed by atoms with Crippen molar-refractivity contribution in [1.29, 1.82) is 0 Å². The minimum atomic E-state index is -1.10. The summed E-state index contributed by atoms with van der Waals surface area (Å²) in [5, 5.41) is 11.8. The Morgan fingerprint density at radius 1 is 1.17 bits per heavy atom. The molecule has 0 aliphatic carbocycles. The van der Waals surface area contributed by atoms with Gasteiger partial charge in [0.05, 0.1) is 24.3 Å². The van der Waals surface area contributed by atoms with Crippen molar-refractivity contribution in [1.82, 2.24) is 0 Å². The minimum Gasteiger partial charge on any atom is -0.493 e. The molecule has 0 aliphatic heterocycles. The minimum absolute atomic E-state index is 0.0359. The second-order valence-electron chi connectivity index (χ2n) is 5.14. The molecule has 1 amide bonds. The molecular formula is C18H18BrNO4. The molecule has 0 bridgehead atoms. The molecular weight excluding hydrogens is 374 g/mol. The van der Waals surface area contributed by atoms with Crippen molar-refractivity contribution >= 4 is 33.5 Å². The van der Waals surface area contributed by atoms with Gasteiger partial charge < -0.3 is 15.2 Å². The number of benzene rings is 2. The fourth-order valence-electron chi connectivity index (χ4n) is 2.10. The van der Waals surface area contributed by atoms with Gasteiger partial charge in [-0.2, -0.15) is 0 Å². The molecule has 0 saturated heterocycles. The number of carbonyl (C=O) groups excluding carboxylic acids is 1. The lowest BCUT2D eigenvalue weighted by atomic mass is 10.1. The van der Waals surface area contributed by atoms with E-state index in [2.05, 4.69) is 28.2 Å². The fraction of sp³-hybridized carbons (Fsp3) is 0.222. The number of halogens is 1. The highest BCUT2D eigenvalue weighted by Crippen LogP contribution is 2.21. The monoisotopic (exact) mass is 391 g/mol. The third-order valence-electron chi connectivity index (χ3n) is 3.42. The van der Waals surface area contributed by atoms with Crippen LogP contribution in [-0.4, -0.2) is 23.6 Å². The number of carboxylic acid groups (broad SMARTS) is 1. The molecule has 2 aromatic rings. The van der Waals surface area contributed by atoms with Gasteiger partial charge in [0, 0.05) is 4.47 Å². The molecule has 24 heavy (non-hydrogen) atoms. The van der Waals surface area contributed by atoms with E-state index < -0.39 is 5.97 Å². The van der Waals surface area contributed by atoms with Gasteiger partial charge in [-0.1, -0.05) is 35.0 Å². The van der Waals surface area contributed by atoms with E-state index in [-0.39, 0.29) is 30.2 Å². The van der Waals surface area contributed by atoms with Crippen LogP contribution in [0.1, 0.15) is 29.3 Å².